The summed E-state index contributed by atoms with van der Waals surface area (Å²) in [6, 6.07) is 18.8. The molecule has 0 aliphatic carbocycles. The first kappa shape index (κ1) is 18.6. The van der Waals surface area contributed by atoms with Crippen LogP contribution in [0.15, 0.2) is 59.6 Å². The molecular weight excluding hydrogens is 334 g/mol. The third kappa shape index (κ3) is 5.10. The van der Waals surface area contributed by atoms with Crippen LogP contribution in [0.3, 0.4) is 0 Å². The van der Waals surface area contributed by atoms with Crippen LogP contribution in [0.1, 0.15) is 20.8 Å². The van der Waals surface area contributed by atoms with Gasteiger partial charge in [-0.1, -0.05) is 63.1 Å². The van der Waals surface area contributed by atoms with E-state index in [-0.39, 0.29) is 11.6 Å². The molecule has 128 valence electrons. The quantitative estimate of drug-likeness (QED) is 0.287. The second kappa shape index (κ2) is 7.87. The average Bonchev–Trinajstić information content (AvgIpc) is 2.58. The fourth-order valence-electron chi connectivity index (χ4n) is 2.01. The van der Waals surface area contributed by atoms with Crippen LogP contribution in [0.25, 0.3) is 0 Å². The Morgan fingerprint density at radius 1 is 1.16 bits per heavy atom. The Morgan fingerprint density at radius 3 is 2.40 bits per heavy atom. The number of para-hydroxylation sites is 1. The molecule has 0 saturated heterocycles. The minimum atomic E-state index is -0.624. The Morgan fingerprint density at radius 2 is 1.84 bits per heavy atom. The number of nitrogens with one attached hydrogen (secondary N) is 1. The molecule has 0 spiro atoms. The largest absolute Gasteiger partial charge is 0.290 e. The van der Waals surface area contributed by atoms with Crippen LogP contribution < -0.4 is 10.4 Å². The maximum absolute atomic E-state index is 12.8. The lowest BCUT2D eigenvalue weighted by molar-refractivity contribution is -0.119. The van der Waals surface area contributed by atoms with Gasteiger partial charge in [-0.3, -0.25) is 10.2 Å². The summed E-state index contributed by atoms with van der Waals surface area (Å²) in [5.74, 6) is -0.0137. The number of hydrazine groups is 1. The number of benzene rings is 2. The van der Waals surface area contributed by atoms with E-state index in [1.165, 1.54) is 5.01 Å². The van der Waals surface area contributed by atoms with Crippen LogP contribution >= 0.6 is 11.6 Å². The SMILES string of the molecule is C#CN(NC(=Nc1cccc(Cl)c1)C(=O)C(C)(C)C)c1ccccc1. The molecule has 2 aromatic rings. The van der Waals surface area contributed by atoms with Crippen LogP contribution in [-0.4, -0.2) is 11.6 Å². The zero-order chi connectivity index (χ0) is 18.4. The molecule has 0 atom stereocenters. The van der Waals surface area contributed by atoms with Crippen molar-refractivity contribution in [2.24, 2.45) is 10.4 Å². The molecule has 0 unspecified atom stereocenters. The van der Waals surface area contributed by atoms with Crippen molar-refractivity contribution in [3.63, 3.8) is 0 Å². The number of aliphatic imine (C=N–C) groups is 1. The van der Waals surface area contributed by atoms with Crippen LogP contribution in [-0.2, 0) is 4.79 Å². The van der Waals surface area contributed by atoms with Crippen LogP contribution in [0, 0.1) is 17.9 Å². The summed E-state index contributed by atoms with van der Waals surface area (Å²) in [7, 11) is 0. The zero-order valence-corrected chi connectivity index (χ0v) is 15.2. The zero-order valence-electron chi connectivity index (χ0n) is 14.5. The van der Waals surface area contributed by atoms with Gasteiger partial charge in [0.2, 0.25) is 5.78 Å². The second-order valence-corrected chi connectivity index (χ2v) is 6.87. The van der Waals surface area contributed by atoms with Crippen molar-refractivity contribution in [3.8, 4) is 12.5 Å². The third-order valence-electron chi connectivity index (χ3n) is 3.31. The molecule has 2 aromatic carbocycles. The lowest BCUT2D eigenvalue weighted by Crippen LogP contribution is -2.46. The summed E-state index contributed by atoms with van der Waals surface area (Å²) < 4.78 is 0. The first-order valence-corrected chi connectivity index (χ1v) is 8.16. The van der Waals surface area contributed by atoms with Crippen LogP contribution in [0.4, 0.5) is 11.4 Å². The minimum absolute atomic E-state index is 0.150. The smallest absolute Gasteiger partial charge is 0.204 e. The Labute approximate surface area is 153 Å². The number of amidine groups is 1. The van der Waals surface area contributed by atoms with Crippen molar-refractivity contribution in [1.82, 2.24) is 5.43 Å². The van der Waals surface area contributed by atoms with Crippen molar-refractivity contribution in [1.29, 1.82) is 0 Å². The molecule has 0 aliphatic heterocycles. The average molecular weight is 354 g/mol. The van der Waals surface area contributed by atoms with Crippen molar-refractivity contribution in [3.05, 3.63) is 59.6 Å². The van der Waals surface area contributed by atoms with Gasteiger partial charge in [0, 0.05) is 16.5 Å². The molecule has 0 amide bonds. The Hall–Kier alpha value is -2.77. The van der Waals surface area contributed by atoms with E-state index < -0.39 is 5.41 Å². The van der Waals surface area contributed by atoms with Gasteiger partial charge in [0.1, 0.15) is 0 Å². The van der Waals surface area contributed by atoms with E-state index in [2.05, 4.69) is 16.5 Å². The highest BCUT2D eigenvalue weighted by Crippen LogP contribution is 2.21. The number of halogens is 1. The predicted octanol–water partition coefficient (Wildman–Crippen LogP) is 4.59. The maximum atomic E-state index is 12.8. The molecule has 0 aliphatic rings. The Bertz CT molecular complexity index is 817. The van der Waals surface area contributed by atoms with Gasteiger partial charge in [0.25, 0.3) is 0 Å². The Balaban J connectivity index is 2.41. The van der Waals surface area contributed by atoms with Crippen molar-refractivity contribution in [2.45, 2.75) is 20.8 Å². The van der Waals surface area contributed by atoms with E-state index in [1.807, 2.05) is 51.1 Å². The summed E-state index contributed by atoms with van der Waals surface area (Å²) in [4.78, 5) is 17.2. The summed E-state index contributed by atoms with van der Waals surface area (Å²) in [5.41, 5.74) is 3.62. The van der Waals surface area contributed by atoms with Crippen LogP contribution in [0.5, 0.6) is 0 Å². The molecule has 0 radical (unpaired) electrons. The molecule has 5 heteroatoms. The number of nitrogens with zero attached hydrogens (tertiary/aromatic N) is 2. The first-order valence-electron chi connectivity index (χ1n) is 7.78. The highest BCUT2D eigenvalue weighted by atomic mass is 35.5. The fourth-order valence-corrected chi connectivity index (χ4v) is 2.20. The Kier molecular flexibility index (Phi) is 5.84. The highest BCUT2D eigenvalue weighted by Gasteiger charge is 2.28. The lowest BCUT2D eigenvalue weighted by Gasteiger charge is -2.24. The number of carbonyl (C=O) groups excluding carboxylic acids is 1. The van der Waals surface area contributed by atoms with Gasteiger partial charge in [-0.15, -0.1) is 0 Å². The van der Waals surface area contributed by atoms with E-state index in [0.29, 0.717) is 10.7 Å². The third-order valence-corrected chi connectivity index (χ3v) is 3.54. The van der Waals surface area contributed by atoms with E-state index in [1.54, 1.807) is 24.3 Å². The normalized spacial score (nSPS) is 11.6. The van der Waals surface area contributed by atoms with Gasteiger partial charge in [-0.2, -0.15) is 0 Å². The molecule has 0 aromatic heterocycles. The number of anilines is 1. The molecule has 0 saturated carbocycles. The number of ketones is 1. The van der Waals surface area contributed by atoms with Gasteiger partial charge in [0.05, 0.1) is 11.4 Å². The molecule has 0 bridgehead atoms. The standard InChI is InChI=1S/C20H20ClN3O/c1-5-24(17-12-7-6-8-13-17)23-19(18(25)20(2,3)4)22-16-11-9-10-15(21)14-16/h1,6-14H,2-4H3,(H,22,23). The number of rotatable bonds is 4. The monoisotopic (exact) mass is 353 g/mol. The number of Topliss-reactive ketones (excluding diaryl/α,β-unsaturated/α-hetero) is 1. The highest BCUT2D eigenvalue weighted by molar-refractivity contribution is 6.41. The summed E-state index contributed by atoms with van der Waals surface area (Å²) >= 11 is 6.01. The minimum Gasteiger partial charge on any atom is -0.290 e. The number of carbonyl (C=O) groups is 1. The molecule has 4 nitrogen and oxygen atoms in total. The molecule has 2 rings (SSSR count). The van der Waals surface area contributed by atoms with Crippen LogP contribution in [0.2, 0.25) is 5.02 Å². The summed E-state index contributed by atoms with van der Waals surface area (Å²) in [6.45, 7) is 5.48. The van der Waals surface area contributed by atoms with E-state index in [9.17, 15) is 4.79 Å². The molecular formula is C20H20ClN3O. The fraction of sp³-hybridized carbons (Fsp3) is 0.200. The number of terminal acetylenes is 1. The summed E-state index contributed by atoms with van der Waals surface area (Å²) in [6.07, 6.45) is 5.61. The molecule has 1 N–H and O–H groups in total. The molecule has 25 heavy (non-hydrogen) atoms. The first-order chi connectivity index (χ1) is 11.8. The van der Waals surface area contributed by atoms with Crippen molar-refractivity contribution < 1.29 is 4.79 Å². The van der Waals surface area contributed by atoms with Gasteiger partial charge >= 0.3 is 0 Å². The molecule has 0 fully saturated rings. The van der Waals surface area contributed by atoms with Gasteiger partial charge in [-0.05, 0) is 30.3 Å². The predicted molar refractivity (Wildman–Crippen MR) is 104 cm³/mol. The number of hydrogen-bond donors (Lipinski definition) is 1. The lowest BCUT2D eigenvalue weighted by atomic mass is 9.90. The van der Waals surface area contributed by atoms with Gasteiger partial charge in [0.15, 0.2) is 5.84 Å². The number of hydrogen-bond acceptors (Lipinski definition) is 3. The van der Waals surface area contributed by atoms with Crippen molar-refractivity contribution in [2.75, 3.05) is 5.01 Å². The van der Waals surface area contributed by atoms with Gasteiger partial charge < -0.3 is 0 Å². The topological polar surface area (TPSA) is 44.7 Å². The van der Waals surface area contributed by atoms with Gasteiger partial charge in [-0.25, -0.2) is 10.0 Å². The van der Waals surface area contributed by atoms with Crippen molar-refractivity contribution >= 4 is 34.6 Å². The van der Waals surface area contributed by atoms with E-state index >= 15 is 0 Å². The maximum Gasteiger partial charge on any atom is 0.204 e. The van der Waals surface area contributed by atoms with E-state index in [4.69, 9.17) is 18.0 Å². The molecule has 0 heterocycles. The summed E-state index contributed by atoms with van der Waals surface area (Å²) in [5, 5.41) is 1.97. The second-order valence-electron chi connectivity index (χ2n) is 6.43. The van der Waals surface area contributed by atoms with E-state index in [0.717, 1.165) is 5.69 Å².